The minimum Gasteiger partial charge on any atom is -0.339 e. The molecular weight excluding hydrogens is 335 g/mol. The molecule has 0 atom stereocenters. The first-order chi connectivity index (χ1) is 10.6. The monoisotopic (exact) mass is 349 g/mol. The van der Waals surface area contributed by atoms with Gasteiger partial charge >= 0.3 is 6.18 Å². The highest BCUT2D eigenvalue weighted by molar-refractivity contribution is 7.89. The van der Waals surface area contributed by atoms with Crippen LogP contribution < -0.4 is 4.72 Å². The molecule has 0 amide bonds. The maximum absolute atomic E-state index is 12.7. The lowest BCUT2D eigenvalue weighted by atomic mass is 10.1. The van der Waals surface area contributed by atoms with Crippen molar-refractivity contribution in [2.45, 2.75) is 31.3 Å². The fourth-order valence-electron chi connectivity index (χ4n) is 1.88. The lowest BCUT2D eigenvalue weighted by Gasteiger charge is -2.12. The van der Waals surface area contributed by atoms with Crippen LogP contribution in [0.15, 0.2) is 27.6 Å². The predicted octanol–water partition coefficient (Wildman–Crippen LogP) is 2.23. The summed E-state index contributed by atoms with van der Waals surface area (Å²) in [5.41, 5.74) is -0.796. The van der Waals surface area contributed by atoms with Gasteiger partial charge in [0.25, 0.3) is 0 Å². The summed E-state index contributed by atoms with van der Waals surface area (Å²) in [4.78, 5) is 3.50. The van der Waals surface area contributed by atoms with Crippen LogP contribution in [0.3, 0.4) is 0 Å². The van der Waals surface area contributed by atoms with Crippen LogP contribution in [0.2, 0.25) is 0 Å². The van der Waals surface area contributed by atoms with Gasteiger partial charge in [0.2, 0.25) is 15.9 Å². The molecule has 0 unspecified atom stereocenters. The predicted molar refractivity (Wildman–Crippen MR) is 74.1 cm³/mol. The highest BCUT2D eigenvalue weighted by Gasteiger charge is 2.32. The summed E-state index contributed by atoms with van der Waals surface area (Å²) in [5.74, 6) is 0.655. The van der Waals surface area contributed by atoms with E-state index in [9.17, 15) is 21.6 Å². The van der Waals surface area contributed by atoms with Crippen LogP contribution in [0.4, 0.5) is 13.2 Å². The van der Waals surface area contributed by atoms with E-state index < -0.39 is 26.7 Å². The number of hydrogen-bond donors (Lipinski definition) is 1. The van der Waals surface area contributed by atoms with Crippen LogP contribution >= 0.6 is 0 Å². The Morgan fingerprint density at radius 1 is 1.26 bits per heavy atom. The Labute approximate surface area is 130 Å². The third-order valence-corrected chi connectivity index (χ3v) is 4.61. The summed E-state index contributed by atoms with van der Waals surface area (Å²) in [6, 6.07) is 2.59. The molecular formula is C13H14F3N3O3S. The van der Waals surface area contributed by atoms with Crippen molar-refractivity contribution in [3.05, 3.63) is 41.0 Å². The molecule has 0 saturated carbocycles. The zero-order chi connectivity index (χ0) is 17.3. The van der Waals surface area contributed by atoms with E-state index in [4.69, 9.17) is 4.52 Å². The number of nitrogens with one attached hydrogen (secondary N) is 1. The Bertz CT molecular complexity index is 800. The molecule has 1 aromatic carbocycles. The van der Waals surface area contributed by atoms with Gasteiger partial charge in [0.05, 0.1) is 10.5 Å². The van der Waals surface area contributed by atoms with Gasteiger partial charge in [-0.15, -0.1) is 0 Å². The normalized spacial score (nSPS) is 12.6. The summed E-state index contributed by atoms with van der Waals surface area (Å²) in [6.07, 6.45) is -4.47. The first kappa shape index (κ1) is 17.4. The largest absolute Gasteiger partial charge is 0.416 e. The number of alkyl halides is 3. The molecule has 23 heavy (non-hydrogen) atoms. The van der Waals surface area contributed by atoms with E-state index in [1.807, 2.05) is 0 Å². The van der Waals surface area contributed by atoms with Crippen molar-refractivity contribution >= 4 is 10.0 Å². The van der Waals surface area contributed by atoms with Crippen LogP contribution in [-0.2, 0) is 22.6 Å². The van der Waals surface area contributed by atoms with Crippen molar-refractivity contribution in [3.8, 4) is 0 Å². The van der Waals surface area contributed by atoms with Crippen LogP contribution in [0.25, 0.3) is 0 Å². The fourth-order valence-corrected chi connectivity index (χ4v) is 3.18. The average Bonchev–Trinajstić information content (AvgIpc) is 2.83. The Hall–Kier alpha value is -1.94. The number of sulfonamides is 1. The van der Waals surface area contributed by atoms with Crippen molar-refractivity contribution in [2.24, 2.45) is 0 Å². The van der Waals surface area contributed by atoms with Gasteiger partial charge in [-0.3, -0.25) is 0 Å². The summed E-state index contributed by atoms with van der Waals surface area (Å²) in [6.45, 7) is 2.97. The Kier molecular flexibility index (Phi) is 4.76. The molecule has 126 valence electrons. The average molecular weight is 349 g/mol. The smallest absolute Gasteiger partial charge is 0.339 e. The third-order valence-electron chi connectivity index (χ3n) is 3.01. The van der Waals surface area contributed by atoms with Gasteiger partial charge < -0.3 is 4.52 Å². The van der Waals surface area contributed by atoms with Crippen molar-refractivity contribution in [3.63, 3.8) is 0 Å². The Balaban J connectivity index is 2.15. The molecule has 0 fully saturated rings. The Morgan fingerprint density at radius 3 is 2.52 bits per heavy atom. The third kappa shape index (κ3) is 4.29. The highest BCUT2D eigenvalue weighted by Crippen LogP contribution is 2.31. The van der Waals surface area contributed by atoms with Crippen molar-refractivity contribution in [1.29, 1.82) is 0 Å². The summed E-state index contributed by atoms with van der Waals surface area (Å²) < 4.78 is 69.6. The molecule has 2 aromatic rings. The zero-order valence-corrected chi connectivity index (χ0v) is 13.1. The quantitative estimate of drug-likeness (QED) is 0.895. The van der Waals surface area contributed by atoms with Crippen molar-refractivity contribution in [2.75, 3.05) is 6.54 Å². The number of aromatic nitrogens is 2. The molecule has 10 heteroatoms. The van der Waals surface area contributed by atoms with E-state index in [-0.39, 0.29) is 24.4 Å². The number of halogens is 3. The molecule has 0 aliphatic heterocycles. The van der Waals surface area contributed by atoms with Gasteiger partial charge in [0.15, 0.2) is 5.82 Å². The van der Waals surface area contributed by atoms with Gasteiger partial charge in [-0.25, -0.2) is 13.1 Å². The Morgan fingerprint density at radius 2 is 1.96 bits per heavy atom. The van der Waals surface area contributed by atoms with E-state index in [0.717, 1.165) is 12.1 Å². The second-order valence-corrected chi connectivity index (χ2v) is 6.60. The maximum atomic E-state index is 12.7. The van der Waals surface area contributed by atoms with Crippen LogP contribution in [0, 0.1) is 13.8 Å². The van der Waals surface area contributed by atoms with Gasteiger partial charge in [0, 0.05) is 13.0 Å². The summed E-state index contributed by atoms with van der Waals surface area (Å²) >= 11 is 0. The van der Waals surface area contributed by atoms with Crippen LogP contribution in [0.1, 0.15) is 22.8 Å². The van der Waals surface area contributed by atoms with Crippen molar-refractivity contribution in [1.82, 2.24) is 14.9 Å². The van der Waals surface area contributed by atoms with E-state index in [1.165, 1.54) is 6.92 Å². The molecule has 1 heterocycles. The van der Waals surface area contributed by atoms with E-state index in [0.29, 0.717) is 11.9 Å². The summed E-state index contributed by atoms with van der Waals surface area (Å²) in [7, 11) is -4.08. The van der Waals surface area contributed by atoms with Crippen LogP contribution in [-0.4, -0.2) is 25.1 Å². The van der Waals surface area contributed by atoms with Gasteiger partial charge in [-0.1, -0.05) is 11.2 Å². The molecule has 1 aromatic heterocycles. The molecule has 0 bridgehead atoms. The highest BCUT2D eigenvalue weighted by atomic mass is 32.2. The van der Waals surface area contributed by atoms with E-state index >= 15 is 0 Å². The second-order valence-electron chi connectivity index (χ2n) is 4.86. The van der Waals surface area contributed by atoms with Crippen LogP contribution in [0.5, 0.6) is 0 Å². The molecule has 0 spiro atoms. The topological polar surface area (TPSA) is 85.1 Å². The molecule has 2 rings (SSSR count). The maximum Gasteiger partial charge on any atom is 0.416 e. The fraction of sp³-hybridized carbons (Fsp3) is 0.385. The minimum absolute atomic E-state index is 0.0698. The van der Waals surface area contributed by atoms with Gasteiger partial charge in [-0.05, 0) is 31.5 Å². The van der Waals surface area contributed by atoms with E-state index in [1.54, 1.807) is 6.92 Å². The number of benzene rings is 1. The lowest BCUT2D eigenvalue weighted by molar-refractivity contribution is -0.137. The SMILES string of the molecule is Cc1noc(CCNS(=O)(=O)c2cc(C(F)(F)F)ccc2C)n1. The number of nitrogens with zero attached hydrogens (tertiary/aromatic N) is 2. The minimum atomic E-state index is -4.61. The molecule has 0 aliphatic rings. The van der Waals surface area contributed by atoms with Gasteiger partial charge in [0.1, 0.15) is 0 Å². The lowest BCUT2D eigenvalue weighted by Crippen LogP contribution is -2.27. The molecule has 0 aliphatic carbocycles. The van der Waals surface area contributed by atoms with Crippen molar-refractivity contribution < 1.29 is 26.1 Å². The molecule has 0 radical (unpaired) electrons. The standard InChI is InChI=1S/C13H14F3N3O3S/c1-8-3-4-10(13(14,15)16)7-11(8)23(20,21)17-6-5-12-18-9(2)19-22-12/h3-4,7,17H,5-6H2,1-2H3. The molecule has 6 nitrogen and oxygen atoms in total. The molecule has 0 saturated heterocycles. The number of aryl methyl sites for hydroxylation is 2. The molecule has 1 N–H and O–H groups in total. The second kappa shape index (κ2) is 6.28. The van der Waals surface area contributed by atoms with E-state index in [2.05, 4.69) is 14.9 Å². The number of hydrogen-bond acceptors (Lipinski definition) is 5. The first-order valence-electron chi connectivity index (χ1n) is 6.56. The summed E-state index contributed by atoms with van der Waals surface area (Å²) in [5, 5.41) is 3.55. The van der Waals surface area contributed by atoms with Gasteiger partial charge in [-0.2, -0.15) is 18.2 Å². The number of rotatable bonds is 5. The zero-order valence-electron chi connectivity index (χ0n) is 12.3. The first-order valence-corrected chi connectivity index (χ1v) is 8.04.